The summed E-state index contributed by atoms with van der Waals surface area (Å²) in [5.41, 5.74) is 6.86. The molecule has 2 saturated carbocycles. The van der Waals surface area contributed by atoms with Crippen molar-refractivity contribution >= 4 is 5.91 Å². The number of amides is 1. The summed E-state index contributed by atoms with van der Waals surface area (Å²) in [6.07, 6.45) is 12.3. The van der Waals surface area contributed by atoms with E-state index < -0.39 is 0 Å². The average Bonchev–Trinajstić information content (AvgIpc) is 3.32. The highest BCUT2D eigenvalue weighted by Gasteiger charge is 2.33. The van der Waals surface area contributed by atoms with Crippen molar-refractivity contribution in [3.63, 3.8) is 0 Å². The van der Waals surface area contributed by atoms with E-state index in [4.69, 9.17) is 4.74 Å². The van der Waals surface area contributed by atoms with Crippen molar-refractivity contribution in [3.05, 3.63) is 0 Å². The lowest BCUT2D eigenvalue weighted by Gasteiger charge is -2.35. The average molecular weight is 451 g/mol. The molecule has 0 radical (unpaired) electrons. The molecule has 7 atom stereocenters. The van der Waals surface area contributed by atoms with E-state index in [1.165, 1.54) is 25.7 Å². The van der Waals surface area contributed by atoms with Crippen molar-refractivity contribution in [1.82, 2.24) is 32.1 Å². The zero-order valence-electron chi connectivity index (χ0n) is 20.1. The van der Waals surface area contributed by atoms with Gasteiger partial charge in [0, 0.05) is 31.7 Å². The van der Waals surface area contributed by atoms with Crippen molar-refractivity contribution in [2.45, 2.75) is 102 Å². The van der Waals surface area contributed by atoms with Crippen LogP contribution in [-0.4, -0.2) is 63.2 Å². The van der Waals surface area contributed by atoms with Crippen LogP contribution in [0.15, 0.2) is 0 Å². The molecule has 4 rings (SSSR count). The molecule has 184 valence electrons. The molecular formula is C24H46N6O2. The second-order valence-corrected chi connectivity index (χ2v) is 10.6. The Hall–Kier alpha value is -0.770. The van der Waals surface area contributed by atoms with Gasteiger partial charge in [0.25, 0.3) is 0 Å². The van der Waals surface area contributed by atoms with Crippen LogP contribution in [0.4, 0.5) is 0 Å². The van der Waals surface area contributed by atoms with Crippen LogP contribution in [-0.2, 0) is 9.53 Å². The van der Waals surface area contributed by atoms with Gasteiger partial charge in [-0.1, -0.05) is 12.8 Å². The van der Waals surface area contributed by atoms with Gasteiger partial charge in [-0.2, -0.15) is 0 Å². The monoisotopic (exact) mass is 450 g/mol. The number of carbonyl (C=O) groups is 1. The predicted octanol–water partition coefficient (Wildman–Crippen LogP) is 1.19. The molecule has 4 fully saturated rings. The van der Waals surface area contributed by atoms with Crippen LogP contribution in [0.25, 0.3) is 0 Å². The molecule has 0 aromatic heterocycles. The normalized spacial score (nSPS) is 37.8. The van der Waals surface area contributed by atoms with Gasteiger partial charge in [-0.25, -0.2) is 10.9 Å². The smallest absolute Gasteiger partial charge is 0.223 e. The Labute approximate surface area is 194 Å². The highest BCUT2D eigenvalue weighted by atomic mass is 16.5. The number of carbonyl (C=O) groups excluding carboxylic acids is 1. The topological polar surface area (TPSA) is 98.5 Å². The Morgan fingerprint density at radius 1 is 1.03 bits per heavy atom. The Balaban J connectivity index is 1.17. The minimum absolute atomic E-state index is 0.135. The first kappa shape index (κ1) is 24.4. The molecule has 8 nitrogen and oxygen atoms in total. The fourth-order valence-corrected chi connectivity index (χ4v) is 6.24. The van der Waals surface area contributed by atoms with E-state index in [1.54, 1.807) is 0 Å². The number of nitrogens with one attached hydrogen (secondary N) is 6. The summed E-state index contributed by atoms with van der Waals surface area (Å²) in [5.74, 6) is 1.61. The van der Waals surface area contributed by atoms with Gasteiger partial charge in [-0.15, -0.1) is 0 Å². The molecule has 4 aliphatic rings. The van der Waals surface area contributed by atoms with E-state index >= 15 is 0 Å². The molecule has 0 spiro atoms. The van der Waals surface area contributed by atoms with Crippen molar-refractivity contribution in [2.75, 3.05) is 26.7 Å². The van der Waals surface area contributed by atoms with E-state index in [0.717, 1.165) is 58.2 Å². The molecule has 2 saturated heterocycles. The Morgan fingerprint density at radius 3 is 2.66 bits per heavy atom. The zero-order valence-corrected chi connectivity index (χ0v) is 20.1. The SMILES string of the molecule is COC1CCCC([C@@H](C)NC(=O)C2CCCC(NCC3NNC(C4CCNCC4)N3)C2)C1. The number of hydrogen-bond acceptors (Lipinski definition) is 7. The first-order valence-corrected chi connectivity index (χ1v) is 13.2. The molecular weight excluding hydrogens is 404 g/mol. The molecule has 0 aromatic rings. The van der Waals surface area contributed by atoms with Crippen molar-refractivity contribution in [3.8, 4) is 0 Å². The van der Waals surface area contributed by atoms with Gasteiger partial charge < -0.3 is 20.7 Å². The van der Waals surface area contributed by atoms with Crippen LogP contribution < -0.4 is 32.1 Å². The number of rotatable bonds is 8. The summed E-state index contributed by atoms with van der Waals surface area (Å²) in [6.45, 7) is 5.29. The summed E-state index contributed by atoms with van der Waals surface area (Å²) < 4.78 is 5.58. The molecule has 6 unspecified atom stereocenters. The Morgan fingerprint density at radius 2 is 1.84 bits per heavy atom. The molecule has 6 N–H and O–H groups in total. The van der Waals surface area contributed by atoms with Crippen LogP contribution in [0.1, 0.15) is 71.1 Å². The molecule has 8 heteroatoms. The molecule has 32 heavy (non-hydrogen) atoms. The summed E-state index contributed by atoms with van der Waals surface area (Å²) >= 11 is 0. The van der Waals surface area contributed by atoms with Gasteiger partial charge in [-0.3, -0.25) is 10.1 Å². The fourth-order valence-electron chi connectivity index (χ4n) is 6.24. The van der Waals surface area contributed by atoms with Crippen LogP contribution in [0.5, 0.6) is 0 Å². The lowest BCUT2D eigenvalue weighted by Crippen LogP contribution is -2.49. The quantitative estimate of drug-likeness (QED) is 0.331. The van der Waals surface area contributed by atoms with Crippen LogP contribution in [0.3, 0.4) is 0 Å². The lowest BCUT2D eigenvalue weighted by atomic mass is 9.81. The Kier molecular flexibility index (Phi) is 9.20. The second-order valence-electron chi connectivity index (χ2n) is 10.6. The number of methoxy groups -OCH3 is 1. The van der Waals surface area contributed by atoms with E-state index in [9.17, 15) is 4.79 Å². The van der Waals surface area contributed by atoms with Crippen molar-refractivity contribution in [1.29, 1.82) is 0 Å². The molecule has 0 bridgehead atoms. The number of piperidine rings is 1. The highest BCUT2D eigenvalue weighted by Crippen LogP contribution is 2.30. The van der Waals surface area contributed by atoms with E-state index in [2.05, 4.69) is 39.0 Å². The molecule has 0 aromatic carbocycles. The largest absolute Gasteiger partial charge is 0.381 e. The first-order valence-electron chi connectivity index (χ1n) is 13.2. The van der Waals surface area contributed by atoms with Crippen molar-refractivity contribution < 1.29 is 9.53 Å². The third-order valence-electron chi connectivity index (χ3n) is 8.38. The van der Waals surface area contributed by atoms with Gasteiger partial charge in [0.2, 0.25) is 5.91 Å². The summed E-state index contributed by atoms with van der Waals surface area (Å²) in [5, 5.41) is 14.2. The number of hydrogen-bond donors (Lipinski definition) is 6. The van der Waals surface area contributed by atoms with Gasteiger partial charge in [0.05, 0.1) is 18.4 Å². The minimum atomic E-state index is 0.135. The van der Waals surface area contributed by atoms with E-state index in [0.29, 0.717) is 30.1 Å². The second kappa shape index (κ2) is 12.1. The maximum Gasteiger partial charge on any atom is 0.223 e. The molecule has 2 aliphatic carbocycles. The maximum absolute atomic E-state index is 13.0. The highest BCUT2D eigenvalue weighted by molar-refractivity contribution is 5.79. The van der Waals surface area contributed by atoms with Crippen LogP contribution >= 0.6 is 0 Å². The van der Waals surface area contributed by atoms with Crippen LogP contribution in [0.2, 0.25) is 0 Å². The predicted molar refractivity (Wildman–Crippen MR) is 127 cm³/mol. The fraction of sp³-hybridized carbons (Fsp3) is 0.958. The van der Waals surface area contributed by atoms with Gasteiger partial charge in [-0.05, 0) is 83.2 Å². The molecule has 1 amide bonds. The third kappa shape index (κ3) is 6.64. The van der Waals surface area contributed by atoms with Gasteiger partial charge in [0.1, 0.15) is 0 Å². The maximum atomic E-state index is 13.0. The van der Waals surface area contributed by atoms with Gasteiger partial charge in [0.15, 0.2) is 0 Å². The first-order chi connectivity index (χ1) is 15.6. The van der Waals surface area contributed by atoms with Crippen LogP contribution in [0, 0.1) is 17.8 Å². The number of hydrazine groups is 1. The van der Waals surface area contributed by atoms with E-state index in [1.807, 2.05) is 7.11 Å². The number of ether oxygens (including phenoxy) is 1. The summed E-state index contributed by atoms with van der Waals surface area (Å²) in [7, 11) is 1.81. The Bertz CT molecular complexity index is 587. The standard InChI is InChI=1S/C24H46N6O2/c1-16(18-5-4-8-21(14-18)32-2)27-24(31)19-6-3-7-20(13-19)26-15-22-28-23(30-29-22)17-9-11-25-12-10-17/h16-23,25-26,28-30H,3-15H2,1-2H3,(H,27,31)/t16-,18?,19?,20?,21?,22?,23?/m1/s1. The molecule has 2 aliphatic heterocycles. The minimum Gasteiger partial charge on any atom is -0.381 e. The van der Waals surface area contributed by atoms with E-state index in [-0.39, 0.29) is 24.0 Å². The third-order valence-corrected chi connectivity index (χ3v) is 8.38. The molecule has 2 heterocycles. The summed E-state index contributed by atoms with van der Waals surface area (Å²) in [4.78, 5) is 13.0. The van der Waals surface area contributed by atoms with Crippen molar-refractivity contribution in [2.24, 2.45) is 17.8 Å². The van der Waals surface area contributed by atoms with Gasteiger partial charge >= 0.3 is 0 Å². The zero-order chi connectivity index (χ0) is 22.3. The summed E-state index contributed by atoms with van der Waals surface area (Å²) in [6, 6.07) is 0.655. The lowest BCUT2D eigenvalue weighted by molar-refractivity contribution is -0.127.